The van der Waals surface area contributed by atoms with Crippen LogP contribution in [0.2, 0.25) is 0 Å². The monoisotopic (exact) mass is 399 g/mol. The predicted molar refractivity (Wildman–Crippen MR) is 112 cm³/mol. The van der Waals surface area contributed by atoms with Gasteiger partial charge in [-0.05, 0) is 36.0 Å². The van der Waals surface area contributed by atoms with Crippen molar-refractivity contribution in [1.29, 1.82) is 10.5 Å². The van der Waals surface area contributed by atoms with E-state index in [2.05, 4.69) is 31.0 Å². The predicted octanol–water partition coefficient (Wildman–Crippen LogP) is 4.29. The van der Waals surface area contributed by atoms with E-state index >= 15 is 0 Å². The Hall–Kier alpha value is -1.70. The molecule has 1 aromatic rings. The van der Waals surface area contributed by atoms with Gasteiger partial charge in [-0.2, -0.15) is 10.5 Å². The quantitative estimate of drug-likeness (QED) is 0.491. The molecule has 2 N–H and O–H groups in total. The van der Waals surface area contributed by atoms with Crippen LogP contribution in [-0.2, 0) is 0 Å². The summed E-state index contributed by atoms with van der Waals surface area (Å²) in [5.41, 5.74) is 5.27. The first-order valence-electron chi connectivity index (χ1n) is 9.46. The van der Waals surface area contributed by atoms with E-state index < -0.39 is 15.0 Å². The highest BCUT2D eigenvalue weighted by atomic mass is 32.2. The maximum Gasteiger partial charge on any atom is 0.175 e. The molecule has 1 aliphatic heterocycles. The molecule has 27 heavy (non-hydrogen) atoms. The van der Waals surface area contributed by atoms with Crippen LogP contribution in [0.25, 0.3) is 0 Å². The molecule has 0 spiro atoms. The van der Waals surface area contributed by atoms with Crippen molar-refractivity contribution in [1.82, 2.24) is 4.98 Å². The summed E-state index contributed by atoms with van der Waals surface area (Å²) in [5.74, 6) is 1.83. The van der Waals surface area contributed by atoms with Crippen molar-refractivity contribution in [3.63, 3.8) is 0 Å². The molecule has 1 aromatic heterocycles. The molecular weight excluding hydrogens is 374 g/mol. The smallest absolute Gasteiger partial charge is 0.175 e. The molecular formula is C20H25N5S2. The van der Waals surface area contributed by atoms with Crippen molar-refractivity contribution in [2.75, 3.05) is 11.5 Å². The van der Waals surface area contributed by atoms with Crippen LogP contribution >= 0.6 is 23.5 Å². The van der Waals surface area contributed by atoms with Crippen LogP contribution in [0.5, 0.6) is 0 Å². The second-order valence-electron chi connectivity index (χ2n) is 7.04. The van der Waals surface area contributed by atoms with Crippen molar-refractivity contribution in [3.8, 4) is 12.1 Å². The van der Waals surface area contributed by atoms with Crippen molar-refractivity contribution in [2.45, 2.75) is 49.7 Å². The summed E-state index contributed by atoms with van der Waals surface area (Å²) in [7, 11) is 0. The lowest BCUT2D eigenvalue weighted by atomic mass is 9.97. The van der Waals surface area contributed by atoms with Gasteiger partial charge in [-0.1, -0.05) is 32.8 Å². The fourth-order valence-electron chi connectivity index (χ4n) is 4.11. The second kappa shape index (κ2) is 7.73. The number of pyridine rings is 1. The third kappa shape index (κ3) is 2.67. The summed E-state index contributed by atoms with van der Waals surface area (Å²) in [6.45, 7) is 4.30. The molecule has 0 amide bonds. The third-order valence-electron chi connectivity index (χ3n) is 5.54. The molecule has 5 nitrogen and oxygen atoms in total. The molecule has 7 heteroatoms. The van der Waals surface area contributed by atoms with E-state index in [1.165, 1.54) is 0 Å². The Morgan fingerprint density at radius 3 is 2.30 bits per heavy atom. The van der Waals surface area contributed by atoms with Crippen LogP contribution in [0.1, 0.15) is 51.0 Å². The van der Waals surface area contributed by atoms with E-state index in [1.54, 1.807) is 35.9 Å². The van der Waals surface area contributed by atoms with Gasteiger partial charge in [0.05, 0.1) is 12.1 Å². The highest BCUT2D eigenvalue weighted by Crippen LogP contribution is 2.85. The Kier molecular flexibility index (Phi) is 5.74. The summed E-state index contributed by atoms with van der Waals surface area (Å²) in [4.78, 5) is 9.03. The molecule has 0 aromatic carbocycles. The average Bonchev–Trinajstić information content (AvgIpc) is 3.27. The van der Waals surface area contributed by atoms with E-state index in [9.17, 15) is 10.5 Å². The van der Waals surface area contributed by atoms with Gasteiger partial charge in [0.25, 0.3) is 0 Å². The number of nitrogens with two attached hydrogens (primary N) is 1. The summed E-state index contributed by atoms with van der Waals surface area (Å²) in [5, 5.41) is 20.5. The summed E-state index contributed by atoms with van der Waals surface area (Å²) < 4.78 is -0.730. The second-order valence-corrected chi connectivity index (χ2v) is 9.88. The fraction of sp³-hybridized carbons (Fsp3) is 0.600. The van der Waals surface area contributed by atoms with E-state index in [4.69, 9.17) is 10.7 Å². The Morgan fingerprint density at radius 1 is 1.15 bits per heavy atom. The largest absolute Gasteiger partial charge is 0.386 e. The zero-order valence-corrected chi connectivity index (χ0v) is 17.4. The Bertz CT molecular complexity index is 787. The van der Waals surface area contributed by atoms with E-state index in [-0.39, 0.29) is 5.92 Å². The number of hydrogen-bond donors (Lipinski definition) is 1. The van der Waals surface area contributed by atoms with Crippen LogP contribution in [0.4, 0.5) is 0 Å². The van der Waals surface area contributed by atoms with Gasteiger partial charge in [0.2, 0.25) is 0 Å². The van der Waals surface area contributed by atoms with Crippen LogP contribution in [0.15, 0.2) is 29.5 Å². The summed E-state index contributed by atoms with van der Waals surface area (Å²) >= 11 is 3.39. The van der Waals surface area contributed by atoms with Crippen molar-refractivity contribution >= 4 is 29.4 Å². The van der Waals surface area contributed by atoms with Gasteiger partial charge in [-0.15, -0.1) is 23.5 Å². The van der Waals surface area contributed by atoms with Crippen LogP contribution in [-0.4, -0.2) is 26.5 Å². The van der Waals surface area contributed by atoms with Gasteiger partial charge >= 0.3 is 0 Å². The minimum absolute atomic E-state index is 0.283. The Balaban J connectivity index is 2.08. The molecule has 1 fully saturated rings. The number of aliphatic imine (C=N–C) groups is 1. The van der Waals surface area contributed by atoms with Crippen LogP contribution in [0, 0.1) is 33.5 Å². The number of rotatable bonds is 9. The lowest BCUT2D eigenvalue weighted by Crippen LogP contribution is -2.32. The number of fused-ring (bicyclic) bond motifs is 1. The summed E-state index contributed by atoms with van der Waals surface area (Å²) in [6.07, 6.45) is 7.72. The number of unbranched alkanes of at least 4 members (excludes halogenated alkanes) is 2. The highest BCUT2D eigenvalue weighted by molar-refractivity contribution is 8.18. The molecule has 2 heterocycles. The maximum atomic E-state index is 10.4. The first kappa shape index (κ1) is 20.0. The van der Waals surface area contributed by atoms with E-state index in [0.29, 0.717) is 5.84 Å². The number of nitrogens with zero attached hydrogens (tertiary/aromatic N) is 4. The van der Waals surface area contributed by atoms with Gasteiger partial charge in [0, 0.05) is 18.3 Å². The lowest BCUT2D eigenvalue weighted by molar-refractivity contribution is 0.562. The van der Waals surface area contributed by atoms with Gasteiger partial charge in [-0.25, -0.2) is 4.99 Å². The molecule has 0 saturated heterocycles. The molecule has 3 unspecified atom stereocenters. The minimum atomic E-state index is -1.05. The van der Waals surface area contributed by atoms with Crippen molar-refractivity contribution in [3.05, 3.63) is 30.1 Å². The first-order valence-corrected chi connectivity index (χ1v) is 11.4. The zero-order valence-electron chi connectivity index (χ0n) is 15.8. The molecule has 2 aliphatic rings. The molecule has 142 valence electrons. The third-order valence-corrected chi connectivity index (χ3v) is 8.84. The van der Waals surface area contributed by atoms with E-state index in [0.717, 1.165) is 42.8 Å². The molecule has 0 bridgehead atoms. The highest BCUT2D eigenvalue weighted by Gasteiger charge is 2.92. The molecule has 3 atom stereocenters. The van der Waals surface area contributed by atoms with E-state index in [1.807, 2.05) is 12.1 Å². The van der Waals surface area contributed by atoms with Crippen molar-refractivity contribution < 1.29 is 0 Å². The number of thioether (sulfide) groups is 2. The maximum absolute atomic E-state index is 10.4. The number of nitriles is 2. The Morgan fingerprint density at radius 2 is 1.81 bits per heavy atom. The van der Waals surface area contributed by atoms with Crippen molar-refractivity contribution in [2.24, 2.45) is 21.6 Å². The average molecular weight is 400 g/mol. The van der Waals surface area contributed by atoms with Gasteiger partial charge in [-0.3, -0.25) is 4.98 Å². The zero-order chi connectivity index (χ0) is 19.5. The molecule has 0 radical (unpaired) electrons. The first-order chi connectivity index (χ1) is 13.1. The topological polar surface area (TPSA) is 98.8 Å². The lowest BCUT2D eigenvalue weighted by Gasteiger charge is -2.32. The molecule has 1 saturated carbocycles. The summed E-state index contributed by atoms with van der Waals surface area (Å²) in [6, 6.07) is 8.74. The number of hydrogen-bond acceptors (Lipinski definition) is 7. The van der Waals surface area contributed by atoms with Crippen LogP contribution in [0.3, 0.4) is 0 Å². The minimum Gasteiger partial charge on any atom is -0.386 e. The Labute approximate surface area is 169 Å². The molecule has 1 aliphatic carbocycles. The fourth-order valence-corrected chi connectivity index (χ4v) is 7.80. The normalized spacial score (nSPS) is 30.1. The van der Waals surface area contributed by atoms with Gasteiger partial charge < -0.3 is 5.73 Å². The number of amidine groups is 1. The molecule has 3 rings (SSSR count). The van der Waals surface area contributed by atoms with Gasteiger partial charge in [0.1, 0.15) is 16.7 Å². The van der Waals surface area contributed by atoms with Gasteiger partial charge in [0.15, 0.2) is 4.20 Å². The standard InChI is InChI=1S/C20H25N5S2/c1-3-5-10-26-20(27-11-6-4-2)19(14-22)16(15-8-7-9-24-12-15)18(19,13-21)17(23)25-20/h7-9,12,16H,3-6,10-11H2,1-2H3,(H2,23,25). The number of aromatic nitrogens is 1. The SMILES string of the molecule is CCCCSC1(SCCCC)N=C(N)C2(C#N)C(c3cccnc3)C12C#N. The van der Waals surface area contributed by atoms with Crippen LogP contribution < -0.4 is 5.73 Å².